The van der Waals surface area contributed by atoms with Gasteiger partial charge >= 0.3 is 11.9 Å². The number of rotatable bonds is 7. The van der Waals surface area contributed by atoms with Crippen molar-refractivity contribution in [3.05, 3.63) is 80.2 Å². The average molecular weight is 701 g/mol. The van der Waals surface area contributed by atoms with E-state index in [0.29, 0.717) is 54.0 Å². The van der Waals surface area contributed by atoms with Gasteiger partial charge in [-0.15, -0.1) is 11.3 Å². The van der Waals surface area contributed by atoms with E-state index in [9.17, 15) is 23.5 Å². The molecule has 2 fully saturated rings. The lowest BCUT2D eigenvalue weighted by Gasteiger charge is -2.43. The van der Waals surface area contributed by atoms with Crippen molar-refractivity contribution in [1.82, 2.24) is 20.3 Å². The summed E-state index contributed by atoms with van der Waals surface area (Å²) >= 11 is 7.62. The van der Waals surface area contributed by atoms with Crippen LogP contribution in [0.4, 0.5) is 14.7 Å². The number of methoxy groups -OCH3 is 1. The number of allylic oxidation sites excluding steroid dienone is 1. The molecule has 2 aliphatic heterocycles. The number of nitrogens with one attached hydrogen (secondary N) is 1. The Labute approximate surface area is 285 Å². The molecule has 0 spiro atoms. The number of carbonyl (C=O) groups is 2. The third-order valence-corrected chi connectivity index (χ3v) is 9.91. The van der Waals surface area contributed by atoms with Crippen molar-refractivity contribution in [2.75, 3.05) is 25.1 Å². The largest absolute Gasteiger partial charge is 0.466 e. The molecule has 1 saturated heterocycles. The van der Waals surface area contributed by atoms with Crippen LogP contribution in [0, 0.1) is 23.5 Å². The summed E-state index contributed by atoms with van der Waals surface area (Å²) in [5.74, 6) is -3.03. The number of amidine groups is 1. The second-order valence-electron chi connectivity index (χ2n) is 13.1. The molecule has 1 unspecified atom stereocenters. The van der Waals surface area contributed by atoms with Crippen LogP contribution >= 0.6 is 22.9 Å². The fraction of sp³-hybridized carbons (Fsp3) is 0.455. The lowest BCUT2D eigenvalue weighted by Crippen LogP contribution is -2.46. The first-order valence-corrected chi connectivity index (χ1v) is 16.8. The molecule has 4 heterocycles. The van der Waals surface area contributed by atoms with Crippen LogP contribution in [0.2, 0.25) is 5.02 Å². The van der Waals surface area contributed by atoms with Gasteiger partial charge in [-0.2, -0.15) is 0 Å². The SMILES string of the molecule is COC(=O)C1=C(C2CCN(c3ncc(C4(O)CC(C(=O)OC(C)(C)C)C4)cn3)CC2)NC(c2nccs2)=NC1c1ccc(F)c(F)c1Cl. The van der Waals surface area contributed by atoms with Crippen LogP contribution in [0.3, 0.4) is 0 Å². The Kier molecular flexibility index (Phi) is 9.26. The summed E-state index contributed by atoms with van der Waals surface area (Å²) < 4.78 is 39.3. The Hall–Kier alpha value is -4.01. The number of benzene rings is 1. The summed E-state index contributed by atoms with van der Waals surface area (Å²) in [5.41, 5.74) is -0.419. The number of hydrogen-bond donors (Lipinski definition) is 2. The summed E-state index contributed by atoms with van der Waals surface area (Å²) in [6, 6.07) is 1.21. The molecule has 2 N–H and O–H groups in total. The number of ether oxygens (including phenoxy) is 2. The number of aromatic nitrogens is 3. The lowest BCUT2D eigenvalue weighted by molar-refractivity contribution is -0.176. The second kappa shape index (κ2) is 13.1. The smallest absolute Gasteiger partial charge is 0.338 e. The predicted molar refractivity (Wildman–Crippen MR) is 174 cm³/mol. The number of hydrogen-bond acceptors (Lipinski definition) is 12. The van der Waals surface area contributed by atoms with E-state index in [4.69, 9.17) is 26.1 Å². The molecule has 0 bridgehead atoms. The first-order chi connectivity index (χ1) is 22.8. The molecule has 3 aromatic rings. The van der Waals surface area contributed by atoms with Gasteiger partial charge in [-0.05, 0) is 52.5 Å². The number of aliphatic imine (C=N–C) groups is 1. The Morgan fingerprint density at radius 2 is 1.81 bits per heavy atom. The maximum Gasteiger partial charge on any atom is 0.338 e. The van der Waals surface area contributed by atoms with Gasteiger partial charge in [-0.25, -0.2) is 28.5 Å². The first kappa shape index (κ1) is 33.9. The van der Waals surface area contributed by atoms with Crippen molar-refractivity contribution in [2.24, 2.45) is 16.8 Å². The molecule has 0 amide bonds. The van der Waals surface area contributed by atoms with Crippen molar-refractivity contribution in [3.63, 3.8) is 0 Å². The van der Waals surface area contributed by atoms with E-state index in [-0.39, 0.29) is 41.8 Å². The number of carbonyl (C=O) groups excluding carboxylic acids is 2. The van der Waals surface area contributed by atoms with Gasteiger partial charge in [0.1, 0.15) is 11.6 Å². The Bertz CT molecular complexity index is 1770. The highest BCUT2D eigenvalue weighted by Gasteiger charge is 2.49. The summed E-state index contributed by atoms with van der Waals surface area (Å²) in [5, 5.41) is 16.3. The van der Waals surface area contributed by atoms with Crippen LogP contribution in [0.15, 0.2) is 52.4 Å². The van der Waals surface area contributed by atoms with Gasteiger partial charge in [0.2, 0.25) is 5.95 Å². The Morgan fingerprint density at radius 3 is 2.42 bits per heavy atom. The number of esters is 2. The third-order valence-electron chi connectivity index (χ3n) is 8.74. The Balaban J connectivity index is 1.20. The highest BCUT2D eigenvalue weighted by atomic mass is 35.5. The van der Waals surface area contributed by atoms with Crippen LogP contribution in [-0.2, 0) is 24.7 Å². The van der Waals surface area contributed by atoms with Crippen molar-refractivity contribution in [1.29, 1.82) is 0 Å². The molecule has 1 atom stereocenters. The number of nitrogens with zero attached hydrogens (tertiary/aromatic N) is 5. The van der Waals surface area contributed by atoms with Gasteiger partial charge in [0.25, 0.3) is 0 Å². The average Bonchev–Trinajstić information content (AvgIpc) is 3.60. The molecule has 15 heteroatoms. The summed E-state index contributed by atoms with van der Waals surface area (Å²) in [6.45, 7) is 6.50. The van der Waals surface area contributed by atoms with E-state index in [0.717, 1.165) is 6.07 Å². The second-order valence-corrected chi connectivity index (χ2v) is 14.4. The van der Waals surface area contributed by atoms with E-state index >= 15 is 0 Å². The molecule has 0 radical (unpaired) electrons. The topological polar surface area (TPSA) is 139 Å². The van der Waals surface area contributed by atoms with Gasteiger partial charge in [0.15, 0.2) is 22.5 Å². The quantitative estimate of drug-likeness (QED) is 0.249. The number of thiazole rings is 1. The summed E-state index contributed by atoms with van der Waals surface area (Å²) in [6.07, 6.45) is 6.45. The van der Waals surface area contributed by atoms with Gasteiger partial charge in [0, 0.05) is 59.8 Å². The highest BCUT2D eigenvalue weighted by Crippen LogP contribution is 2.46. The number of halogens is 3. The third kappa shape index (κ3) is 6.65. The fourth-order valence-electron chi connectivity index (χ4n) is 6.28. The zero-order chi connectivity index (χ0) is 34.4. The first-order valence-electron chi connectivity index (χ1n) is 15.5. The van der Waals surface area contributed by atoms with E-state index in [1.54, 1.807) is 24.0 Å². The maximum atomic E-state index is 14.6. The van der Waals surface area contributed by atoms with Crippen molar-refractivity contribution < 1.29 is 33.0 Å². The molecular formula is C33H35ClF2N6O5S. The number of anilines is 1. The van der Waals surface area contributed by atoms with Gasteiger partial charge in [0.05, 0.1) is 29.2 Å². The molecule has 3 aliphatic rings. The predicted octanol–water partition coefficient (Wildman–Crippen LogP) is 5.24. The zero-order valence-electron chi connectivity index (χ0n) is 26.8. The maximum absolute atomic E-state index is 14.6. The van der Waals surface area contributed by atoms with Crippen LogP contribution < -0.4 is 10.2 Å². The molecule has 1 aromatic carbocycles. The van der Waals surface area contributed by atoms with Crippen molar-refractivity contribution in [3.8, 4) is 0 Å². The Morgan fingerprint density at radius 1 is 1.12 bits per heavy atom. The summed E-state index contributed by atoms with van der Waals surface area (Å²) in [7, 11) is 1.25. The van der Waals surface area contributed by atoms with Crippen molar-refractivity contribution >= 4 is 46.7 Å². The van der Waals surface area contributed by atoms with Crippen LogP contribution in [0.5, 0.6) is 0 Å². The molecular weight excluding hydrogens is 666 g/mol. The van der Waals surface area contributed by atoms with E-state index < -0.39 is 39.9 Å². The van der Waals surface area contributed by atoms with Crippen LogP contribution in [0.25, 0.3) is 0 Å². The van der Waals surface area contributed by atoms with Gasteiger partial charge in [-0.1, -0.05) is 17.7 Å². The minimum Gasteiger partial charge on any atom is -0.466 e. The van der Waals surface area contributed by atoms with Gasteiger partial charge < -0.3 is 24.8 Å². The molecule has 1 saturated carbocycles. The summed E-state index contributed by atoms with van der Waals surface area (Å²) in [4.78, 5) is 45.8. The zero-order valence-corrected chi connectivity index (χ0v) is 28.4. The van der Waals surface area contributed by atoms with Crippen molar-refractivity contribution in [2.45, 2.75) is 63.7 Å². The van der Waals surface area contributed by atoms with E-state index in [2.05, 4.69) is 20.3 Å². The number of piperidine rings is 1. The normalized spacial score (nSPS) is 23.2. The molecule has 2 aromatic heterocycles. The monoisotopic (exact) mass is 700 g/mol. The molecule has 11 nitrogen and oxygen atoms in total. The number of aliphatic hydroxyl groups is 1. The molecule has 6 rings (SSSR count). The molecule has 254 valence electrons. The van der Waals surface area contributed by atoms with Gasteiger partial charge in [-0.3, -0.25) is 9.79 Å². The minimum absolute atomic E-state index is 0.125. The standard InChI is InChI=1S/C33H35ClF2N6O5S/c1-32(2,3)47-29(43)18-13-33(45,14-18)19-15-38-31(39-16-19)42-10-7-17(8-11-42)25-22(30(44)46-4)26(20-5-6-21(35)24(36)23(20)34)41-27(40-25)28-37-9-12-48-28/h5-6,9,12,15-18,26,45H,7-8,10-11,13-14H2,1-4H3,(H,40,41). The highest BCUT2D eigenvalue weighted by molar-refractivity contribution is 7.11. The molecule has 1 aliphatic carbocycles. The molecule has 48 heavy (non-hydrogen) atoms. The van der Waals surface area contributed by atoms with Crippen LogP contribution in [-0.4, -0.2) is 63.6 Å². The lowest BCUT2D eigenvalue weighted by atomic mass is 9.68. The van der Waals surface area contributed by atoms with E-state index in [1.807, 2.05) is 25.7 Å². The van der Waals surface area contributed by atoms with E-state index in [1.165, 1.54) is 24.5 Å². The van der Waals surface area contributed by atoms with Crippen LogP contribution in [0.1, 0.15) is 68.6 Å². The fourth-order valence-corrected chi connectivity index (χ4v) is 7.13. The minimum atomic E-state index is -1.23.